The highest BCUT2D eigenvalue weighted by molar-refractivity contribution is 5.71. The molecule has 0 bridgehead atoms. The highest BCUT2D eigenvalue weighted by atomic mass is 16.4. The Labute approximate surface area is 89.2 Å². The van der Waals surface area contributed by atoms with E-state index in [1.807, 2.05) is 24.3 Å². The fraction of sp³-hybridized carbons (Fsp3) is 0.308. The molecule has 0 amide bonds. The first-order valence-electron chi connectivity index (χ1n) is 5.26. The Balaban J connectivity index is 2.13. The Kier molecular flexibility index (Phi) is 2.86. The molecule has 1 N–H and O–H groups in total. The highest BCUT2D eigenvalue weighted by Gasteiger charge is 2.07. The quantitative estimate of drug-likeness (QED) is 0.818. The van der Waals surface area contributed by atoms with Crippen LogP contribution in [0, 0.1) is 0 Å². The Morgan fingerprint density at radius 2 is 2.00 bits per heavy atom. The summed E-state index contributed by atoms with van der Waals surface area (Å²) >= 11 is 0. The largest absolute Gasteiger partial charge is 0.481 e. The number of hydrogen-bond donors (Lipinski definition) is 1. The third-order valence-electron chi connectivity index (χ3n) is 2.72. The molecule has 0 spiro atoms. The van der Waals surface area contributed by atoms with Gasteiger partial charge in [-0.05, 0) is 36.0 Å². The van der Waals surface area contributed by atoms with Gasteiger partial charge in [0.2, 0.25) is 0 Å². The summed E-state index contributed by atoms with van der Waals surface area (Å²) in [6.45, 7) is 0. The summed E-state index contributed by atoms with van der Waals surface area (Å²) in [6, 6.07) is 7.86. The lowest BCUT2D eigenvalue weighted by molar-refractivity contribution is -0.136. The van der Waals surface area contributed by atoms with E-state index < -0.39 is 5.97 Å². The molecule has 1 aliphatic rings. The number of hydrogen-bond acceptors (Lipinski definition) is 1. The SMILES string of the molecule is O=C(O)Cc1ccc(C2=CCCC2)cc1. The number of carbonyl (C=O) groups is 1. The molecule has 0 heterocycles. The molecule has 0 unspecified atom stereocenters. The normalized spacial score (nSPS) is 15.1. The van der Waals surface area contributed by atoms with Crippen molar-refractivity contribution in [2.75, 3.05) is 0 Å². The van der Waals surface area contributed by atoms with Crippen molar-refractivity contribution in [1.29, 1.82) is 0 Å². The molecular formula is C13H14O2. The van der Waals surface area contributed by atoms with Gasteiger partial charge in [0.05, 0.1) is 6.42 Å². The first kappa shape index (κ1) is 9.97. The summed E-state index contributed by atoms with van der Waals surface area (Å²) in [6.07, 6.45) is 5.95. The van der Waals surface area contributed by atoms with Crippen LogP contribution in [0.25, 0.3) is 5.57 Å². The van der Waals surface area contributed by atoms with Gasteiger partial charge in [0.1, 0.15) is 0 Å². The molecular weight excluding hydrogens is 188 g/mol. The van der Waals surface area contributed by atoms with E-state index in [0.717, 1.165) is 12.0 Å². The lowest BCUT2D eigenvalue weighted by atomic mass is 10.0. The lowest BCUT2D eigenvalue weighted by Crippen LogP contribution is -1.99. The molecule has 2 rings (SSSR count). The second kappa shape index (κ2) is 4.30. The van der Waals surface area contributed by atoms with Gasteiger partial charge >= 0.3 is 5.97 Å². The van der Waals surface area contributed by atoms with Gasteiger partial charge in [0, 0.05) is 0 Å². The summed E-state index contributed by atoms with van der Waals surface area (Å²) < 4.78 is 0. The zero-order valence-corrected chi connectivity index (χ0v) is 8.57. The van der Waals surface area contributed by atoms with E-state index in [4.69, 9.17) is 5.11 Å². The molecule has 78 valence electrons. The van der Waals surface area contributed by atoms with Gasteiger partial charge in [-0.25, -0.2) is 0 Å². The molecule has 1 aromatic carbocycles. The van der Waals surface area contributed by atoms with Gasteiger partial charge in [-0.3, -0.25) is 4.79 Å². The van der Waals surface area contributed by atoms with Crippen LogP contribution in [0.15, 0.2) is 30.3 Å². The number of aliphatic carboxylic acids is 1. The number of carboxylic acids is 1. The fourth-order valence-electron chi connectivity index (χ4n) is 1.94. The van der Waals surface area contributed by atoms with Crippen LogP contribution in [0.1, 0.15) is 30.4 Å². The minimum absolute atomic E-state index is 0.110. The van der Waals surface area contributed by atoms with Gasteiger partial charge in [0.25, 0.3) is 0 Å². The highest BCUT2D eigenvalue weighted by Crippen LogP contribution is 2.27. The van der Waals surface area contributed by atoms with E-state index in [0.29, 0.717) is 0 Å². The number of carboxylic acid groups (broad SMARTS) is 1. The van der Waals surface area contributed by atoms with Crippen molar-refractivity contribution < 1.29 is 9.90 Å². The van der Waals surface area contributed by atoms with Crippen molar-refractivity contribution >= 4 is 11.5 Å². The molecule has 1 aliphatic carbocycles. The Morgan fingerprint density at radius 3 is 2.53 bits per heavy atom. The second-order valence-corrected chi connectivity index (χ2v) is 3.89. The first-order chi connectivity index (χ1) is 7.25. The summed E-state index contributed by atoms with van der Waals surface area (Å²) in [5.41, 5.74) is 3.50. The smallest absolute Gasteiger partial charge is 0.307 e. The molecule has 0 saturated heterocycles. The maximum atomic E-state index is 10.5. The zero-order valence-electron chi connectivity index (χ0n) is 8.57. The molecule has 0 aliphatic heterocycles. The molecule has 15 heavy (non-hydrogen) atoms. The minimum atomic E-state index is -0.775. The fourth-order valence-corrected chi connectivity index (χ4v) is 1.94. The monoisotopic (exact) mass is 202 g/mol. The first-order valence-corrected chi connectivity index (χ1v) is 5.26. The zero-order chi connectivity index (χ0) is 10.7. The second-order valence-electron chi connectivity index (χ2n) is 3.89. The van der Waals surface area contributed by atoms with Gasteiger partial charge < -0.3 is 5.11 Å². The summed E-state index contributed by atoms with van der Waals surface area (Å²) in [7, 11) is 0. The summed E-state index contributed by atoms with van der Waals surface area (Å²) in [5.74, 6) is -0.775. The molecule has 2 heteroatoms. The van der Waals surface area contributed by atoms with Gasteiger partial charge in [-0.15, -0.1) is 0 Å². The standard InChI is InChI=1S/C13H14O2/c14-13(15)9-10-5-7-12(8-6-10)11-3-1-2-4-11/h3,5-8H,1-2,4,9H2,(H,14,15). The van der Waals surface area contributed by atoms with E-state index in [2.05, 4.69) is 6.08 Å². The van der Waals surface area contributed by atoms with Crippen LogP contribution in [0.2, 0.25) is 0 Å². The van der Waals surface area contributed by atoms with Crippen molar-refractivity contribution in [3.8, 4) is 0 Å². The van der Waals surface area contributed by atoms with Crippen LogP contribution in [-0.2, 0) is 11.2 Å². The molecule has 1 aromatic rings. The average molecular weight is 202 g/mol. The molecule has 0 radical (unpaired) electrons. The van der Waals surface area contributed by atoms with Gasteiger partial charge in [0.15, 0.2) is 0 Å². The average Bonchev–Trinajstić information content (AvgIpc) is 2.71. The van der Waals surface area contributed by atoms with Crippen LogP contribution in [0.4, 0.5) is 0 Å². The Hall–Kier alpha value is -1.57. The van der Waals surface area contributed by atoms with E-state index in [9.17, 15) is 4.79 Å². The van der Waals surface area contributed by atoms with Crippen LogP contribution >= 0.6 is 0 Å². The third kappa shape index (κ3) is 2.46. The van der Waals surface area contributed by atoms with E-state index in [1.54, 1.807) is 0 Å². The van der Waals surface area contributed by atoms with E-state index in [1.165, 1.54) is 24.0 Å². The van der Waals surface area contributed by atoms with Crippen LogP contribution in [0.5, 0.6) is 0 Å². The van der Waals surface area contributed by atoms with Crippen LogP contribution in [-0.4, -0.2) is 11.1 Å². The Morgan fingerprint density at radius 1 is 1.27 bits per heavy atom. The number of rotatable bonds is 3. The maximum absolute atomic E-state index is 10.5. The van der Waals surface area contributed by atoms with Crippen molar-refractivity contribution in [2.45, 2.75) is 25.7 Å². The van der Waals surface area contributed by atoms with Crippen LogP contribution in [0.3, 0.4) is 0 Å². The van der Waals surface area contributed by atoms with Crippen molar-refractivity contribution in [1.82, 2.24) is 0 Å². The number of allylic oxidation sites excluding steroid dienone is 2. The van der Waals surface area contributed by atoms with Crippen molar-refractivity contribution in [3.63, 3.8) is 0 Å². The van der Waals surface area contributed by atoms with Crippen molar-refractivity contribution in [2.24, 2.45) is 0 Å². The van der Waals surface area contributed by atoms with Crippen molar-refractivity contribution in [3.05, 3.63) is 41.5 Å². The Bertz CT molecular complexity index is 388. The molecule has 0 atom stereocenters. The molecule has 2 nitrogen and oxygen atoms in total. The van der Waals surface area contributed by atoms with Gasteiger partial charge in [-0.1, -0.05) is 30.3 Å². The minimum Gasteiger partial charge on any atom is -0.481 e. The van der Waals surface area contributed by atoms with E-state index >= 15 is 0 Å². The van der Waals surface area contributed by atoms with Gasteiger partial charge in [-0.2, -0.15) is 0 Å². The predicted octanol–water partition coefficient (Wildman–Crippen LogP) is 2.88. The topological polar surface area (TPSA) is 37.3 Å². The summed E-state index contributed by atoms with van der Waals surface area (Å²) in [4.78, 5) is 10.5. The lowest BCUT2D eigenvalue weighted by Gasteiger charge is -2.03. The van der Waals surface area contributed by atoms with Crippen LogP contribution < -0.4 is 0 Å². The maximum Gasteiger partial charge on any atom is 0.307 e. The van der Waals surface area contributed by atoms with E-state index in [-0.39, 0.29) is 6.42 Å². The molecule has 0 saturated carbocycles. The predicted molar refractivity (Wildman–Crippen MR) is 59.6 cm³/mol. The molecule has 0 aromatic heterocycles. The number of benzene rings is 1. The third-order valence-corrected chi connectivity index (χ3v) is 2.72. The summed E-state index contributed by atoms with van der Waals surface area (Å²) in [5, 5.41) is 8.64. The molecule has 0 fully saturated rings.